The first-order valence-corrected chi connectivity index (χ1v) is 6.89. The van der Waals surface area contributed by atoms with Crippen LogP contribution < -0.4 is 16.4 Å². The minimum atomic E-state index is -0.391. The average molecular weight is 300 g/mol. The topological polar surface area (TPSA) is 108 Å². The van der Waals surface area contributed by atoms with Gasteiger partial charge in [-0.1, -0.05) is 0 Å². The maximum Gasteiger partial charge on any atom is 0.251 e. The van der Waals surface area contributed by atoms with E-state index in [9.17, 15) is 9.59 Å². The summed E-state index contributed by atoms with van der Waals surface area (Å²) in [6, 6.07) is 9.97. The molecule has 0 radical (unpaired) electrons. The summed E-state index contributed by atoms with van der Waals surface area (Å²) in [4.78, 5) is 23.5. The lowest BCUT2D eigenvalue weighted by Gasteiger charge is -2.06. The highest BCUT2D eigenvalue weighted by atomic mass is 32.1. The van der Waals surface area contributed by atoms with E-state index in [1.807, 2.05) is 6.07 Å². The Balaban J connectivity index is 1.88. The zero-order valence-electron chi connectivity index (χ0n) is 10.9. The molecule has 0 atom stereocenters. The number of nitrogens with one attached hydrogen (secondary N) is 2. The molecule has 2 aromatic rings. The Labute approximate surface area is 125 Å². The monoisotopic (exact) mass is 300 g/mol. The largest absolute Gasteiger partial charge is 0.399 e. The number of benzene rings is 1. The lowest BCUT2D eigenvalue weighted by Crippen LogP contribution is -2.32. The molecule has 0 saturated heterocycles. The van der Waals surface area contributed by atoms with E-state index >= 15 is 0 Å². The summed E-state index contributed by atoms with van der Waals surface area (Å²) in [6.45, 7) is -0.175. The number of nitrogen functional groups attached to an aromatic ring is 1. The second-order valence-electron chi connectivity index (χ2n) is 4.13. The lowest BCUT2D eigenvalue weighted by atomic mass is 10.2. The third-order valence-corrected chi connectivity index (χ3v) is 3.45. The van der Waals surface area contributed by atoms with Crippen LogP contribution in [0, 0.1) is 11.3 Å². The molecule has 7 heteroatoms. The average Bonchev–Trinajstić information content (AvgIpc) is 2.92. The zero-order valence-corrected chi connectivity index (χ0v) is 11.7. The molecule has 0 bridgehead atoms. The highest BCUT2D eigenvalue weighted by molar-refractivity contribution is 7.14. The Kier molecular flexibility index (Phi) is 4.53. The van der Waals surface area contributed by atoms with Gasteiger partial charge in [-0.25, -0.2) is 0 Å². The van der Waals surface area contributed by atoms with Crippen LogP contribution in [-0.2, 0) is 4.79 Å². The van der Waals surface area contributed by atoms with Gasteiger partial charge in [-0.2, -0.15) is 5.26 Å². The van der Waals surface area contributed by atoms with Crippen LogP contribution in [0.4, 0.5) is 10.7 Å². The summed E-state index contributed by atoms with van der Waals surface area (Å²) in [7, 11) is 0. The van der Waals surface area contributed by atoms with Crippen molar-refractivity contribution in [2.75, 3.05) is 17.6 Å². The van der Waals surface area contributed by atoms with Crippen molar-refractivity contribution in [2.24, 2.45) is 0 Å². The van der Waals surface area contributed by atoms with Gasteiger partial charge in [-0.05, 0) is 35.7 Å². The van der Waals surface area contributed by atoms with E-state index < -0.39 is 5.91 Å². The quantitative estimate of drug-likeness (QED) is 0.745. The number of thiophene rings is 1. The maximum absolute atomic E-state index is 11.8. The first-order valence-electron chi connectivity index (χ1n) is 6.01. The minimum Gasteiger partial charge on any atom is -0.399 e. The molecule has 0 aliphatic heterocycles. The normalized spacial score (nSPS) is 9.67. The fourth-order valence-electron chi connectivity index (χ4n) is 1.56. The van der Waals surface area contributed by atoms with Gasteiger partial charge in [0, 0.05) is 11.3 Å². The van der Waals surface area contributed by atoms with Gasteiger partial charge < -0.3 is 16.4 Å². The summed E-state index contributed by atoms with van der Waals surface area (Å²) >= 11 is 1.25. The van der Waals surface area contributed by atoms with E-state index in [-0.39, 0.29) is 12.5 Å². The molecule has 0 aliphatic carbocycles. The van der Waals surface area contributed by atoms with Crippen molar-refractivity contribution in [3.8, 4) is 6.07 Å². The molecule has 0 fully saturated rings. The van der Waals surface area contributed by atoms with Crippen LogP contribution >= 0.6 is 11.3 Å². The molecular formula is C14H12N4O2S. The molecule has 2 rings (SSSR count). The van der Waals surface area contributed by atoms with Crippen LogP contribution in [-0.4, -0.2) is 18.4 Å². The van der Waals surface area contributed by atoms with E-state index in [0.717, 1.165) is 0 Å². The van der Waals surface area contributed by atoms with E-state index in [2.05, 4.69) is 10.6 Å². The molecule has 21 heavy (non-hydrogen) atoms. The zero-order chi connectivity index (χ0) is 15.2. The van der Waals surface area contributed by atoms with E-state index in [1.54, 1.807) is 35.7 Å². The molecule has 0 aliphatic rings. The van der Waals surface area contributed by atoms with E-state index in [4.69, 9.17) is 11.0 Å². The van der Waals surface area contributed by atoms with Crippen molar-refractivity contribution in [1.82, 2.24) is 5.32 Å². The maximum atomic E-state index is 11.8. The Hall–Kier alpha value is -2.85. The Morgan fingerprint density at radius 2 is 1.95 bits per heavy atom. The second kappa shape index (κ2) is 6.54. The van der Waals surface area contributed by atoms with Crippen molar-refractivity contribution in [3.05, 3.63) is 46.8 Å². The number of nitriles is 1. The minimum absolute atomic E-state index is 0.175. The highest BCUT2D eigenvalue weighted by Gasteiger charge is 2.10. The molecule has 4 N–H and O–H groups in total. The summed E-state index contributed by atoms with van der Waals surface area (Å²) in [6.07, 6.45) is 0. The first-order chi connectivity index (χ1) is 10.1. The van der Waals surface area contributed by atoms with Crippen molar-refractivity contribution in [2.45, 2.75) is 0 Å². The fourth-order valence-corrected chi connectivity index (χ4v) is 2.32. The molecule has 1 heterocycles. The number of hydrogen-bond donors (Lipinski definition) is 3. The second-order valence-corrected chi connectivity index (χ2v) is 5.04. The summed E-state index contributed by atoms with van der Waals surface area (Å²) < 4.78 is 0. The molecule has 0 unspecified atom stereocenters. The van der Waals surface area contributed by atoms with E-state index in [0.29, 0.717) is 21.8 Å². The number of rotatable bonds is 4. The molecule has 0 saturated carbocycles. The molecule has 1 aromatic heterocycles. The van der Waals surface area contributed by atoms with Gasteiger partial charge in [0.05, 0.1) is 12.1 Å². The van der Waals surface area contributed by atoms with Gasteiger partial charge in [-0.15, -0.1) is 11.3 Å². The van der Waals surface area contributed by atoms with Crippen LogP contribution in [0.25, 0.3) is 0 Å². The van der Waals surface area contributed by atoms with Gasteiger partial charge in [-0.3, -0.25) is 9.59 Å². The van der Waals surface area contributed by atoms with Crippen molar-refractivity contribution < 1.29 is 9.59 Å². The number of amides is 2. The number of nitrogens with two attached hydrogens (primary N) is 1. The van der Waals surface area contributed by atoms with Crippen molar-refractivity contribution in [3.63, 3.8) is 0 Å². The molecule has 106 valence electrons. The van der Waals surface area contributed by atoms with Gasteiger partial charge >= 0.3 is 0 Å². The van der Waals surface area contributed by atoms with Crippen molar-refractivity contribution in [1.29, 1.82) is 5.26 Å². The third-order valence-electron chi connectivity index (χ3n) is 2.62. The molecule has 6 nitrogen and oxygen atoms in total. The Morgan fingerprint density at radius 3 is 2.62 bits per heavy atom. The summed E-state index contributed by atoms with van der Waals surface area (Å²) in [5.74, 6) is -0.755. The van der Waals surface area contributed by atoms with Gasteiger partial charge in [0.15, 0.2) is 0 Å². The van der Waals surface area contributed by atoms with E-state index in [1.165, 1.54) is 11.3 Å². The van der Waals surface area contributed by atoms with Crippen LogP contribution in [0.15, 0.2) is 35.7 Å². The first kappa shape index (κ1) is 14.6. The molecule has 1 aromatic carbocycles. The summed E-state index contributed by atoms with van der Waals surface area (Å²) in [5.41, 5.74) is 6.92. The van der Waals surface area contributed by atoms with Gasteiger partial charge in [0.25, 0.3) is 5.91 Å². The third kappa shape index (κ3) is 3.81. The SMILES string of the molecule is N#Cc1ccsc1NC(=O)CNC(=O)c1ccc(N)cc1. The van der Waals surface area contributed by atoms with Crippen molar-refractivity contribution >= 4 is 33.8 Å². The number of nitrogens with zero attached hydrogens (tertiary/aromatic N) is 1. The highest BCUT2D eigenvalue weighted by Crippen LogP contribution is 2.21. The van der Waals surface area contributed by atoms with Crippen LogP contribution in [0.2, 0.25) is 0 Å². The smallest absolute Gasteiger partial charge is 0.251 e. The summed E-state index contributed by atoms with van der Waals surface area (Å²) in [5, 5.41) is 16.1. The number of carbonyl (C=O) groups excluding carboxylic acids is 2. The molecule has 0 spiro atoms. The van der Waals surface area contributed by atoms with Crippen LogP contribution in [0.1, 0.15) is 15.9 Å². The molecule has 2 amide bonds. The lowest BCUT2D eigenvalue weighted by molar-refractivity contribution is -0.115. The predicted octanol–water partition coefficient (Wildman–Crippen LogP) is 1.57. The predicted molar refractivity (Wildman–Crippen MR) is 80.9 cm³/mol. The van der Waals surface area contributed by atoms with Crippen LogP contribution in [0.5, 0.6) is 0 Å². The molecular weight excluding hydrogens is 288 g/mol. The standard InChI is InChI=1S/C14H12N4O2S/c15-7-10-5-6-21-14(10)18-12(19)8-17-13(20)9-1-3-11(16)4-2-9/h1-6H,8,16H2,(H,17,20)(H,18,19). The number of anilines is 2. The van der Waals surface area contributed by atoms with Crippen LogP contribution in [0.3, 0.4) is 0 Å². The van der Waals surface area contributed by atoms with Gasteiger partial charge in [0.1, 0.15) is 11.1 Å². The Morgan fingerprint density at radius 1 is 1.24 bits per heavy atom. The Bertz CT molecular complexity index is 701. The fraction of sp³-hybridized carbons (Fsp3) is 0.0714. The number of carbonyl (C=O) groups is 2. The number of hydrogen-bond acceptors (Lipinski definition) is 5. The van der Waals surface area contributed by atoms with Gasteiger partial charge in [0.2, 0.25) is 5.91 Å².